The fourth-order valence-electron chi connectivity index (χ4n) is 0.958. The highest BCUT2D eigenvalue weighted by molar-refractivity contribution is 5.73. The number of rotatable bonds is 7. The molecule has 6 nitrogen and oxygen atoms in total. The van der Waals surface area contributed by atoms with Crippen molar-refractivity contribution in [3.05, 3.63) is 0 Å². The van der Waals surface area contributed by atoms with Crippen LogP contribution in [-0.4, -0.2) is 49.6 Å². The number of ether oxygens (including phenoxy) is 2. The summed E-state index contributed by atoms with van der Waals surface area (Å²) in [4.78, 5) is 33.9. The van der Waals surface area contributed by atoms with E-state index in [1.54, 1.807) is 7.05 Å². The molecule has 0 radical (unpaired) electrons. The lowest BCUT2D eigenvalue weighted by Crippen LogP contribution is -2.28. The van der Waals surface area contributed by atoms with E-state index in [-0.39, 0.29) is 37.5 Å². The van der Waals surface area contributed by atoms with Crippen molar-refractivity contribution < 1.29 is 23.9 Å². The quantitative estimate of drug-likeness (QED) is 0.478. The normalized spacial score (nSPS) is 9.59. The number of carbonyl (C=O) groups excluding carboxylic acids is 3. The van der Waals surface area contributed by atoms with Gasteiger partial charge in [0.25, 0.3) is 0 Å². The first-order valence-corrected chi connectivity index (χ1v) is 5.44. The molecule has 0 aromatic rings. The molecule has 0 unspecified atom stereocenters. The summed E-state index contributed by atoms with van der Waals surface area (Å²) in [6.45, 7) is 3.54. The Balaban J connectivity index is 3.47. The third kappa shape index (κ3) is 9.35. The second-order valence-corrected chi connectivity index (χ2v) is 3.60. The molecule has 0 saturated heterocycles. The first kappa shape index (κ1) is 15.4. The number of hydrogen-bond donors (Lipinski definition) is 0. The van der Waals surface area contributed by atoms with Crippen molar-refractivity contribution in [3.63, 3.8) is 0 Å². The van der Waals surface area contributed by atoms with Gasteiger partial charge in [-0.3, -0.25) is 14.4 Å². The zero-order chi connectivity index (χ0) is 13.3. The van der Waals surface area contributed by atoms with E-state index in [0.29, 0.717) is 13.0 Å². The van der Waals surface area contributed by atoms with Crippen molar-refractivity contribution in [1.29, 1.82) is 0 Å². The van der Waals surface area contributed by atoms with Gasteiger partial charge >= 0.3 is 11.9 Å². The van der Waals surface area contributed by atoms with Crippen molar-refractivity contribution in [3.8, 4) is 0 Å². The highest BCUT2D eigenvalue weighted by Crippen LogP contribution is 1.95. The van der Waals surface area contributed by atoms with Crippen molar-refractivity contribution in [2.24, 2.45) is 0 Å². The van der Waals surface area contributed by atoms with Crippen LogP contribution in [0.3, 0.4) is 0 Å². The zero-order valence-electron chi connectivity index (χ0n) is 10.5. The summed E-state index contributed by atoms with van der Waals surface area (Å²) in [5.74, 6) is -0.786. The maximum absolute atomic E-state index is 11.2. The molecule has 1 amide bonds. The number of carbonyl (C=O) groups is 3. The lowest BCUT2D eigenvalue weighted by atomic mass is 10.3. The predicted octanol–water partition coefficient (Wildman–Crippen LogP) is 0.351. The molecule has 0 N–H and O–H groups in total. The van der Waals surface area contributed by atoms with Gasteiger partial charge < -0.3 is 14.4 Å². The highest BCUT2D eigenvalue weighted by Gasteiger charge is 2.06. The summed E-state index contributed by atoms with van der Waals surface area (Å²) in [6, 6.07) is 0. The van der Waals surface area contributed by atoms with Crippen LogP contribution in [0.15, 0.2) is 0 Å². The molecule has 6 heteroatoms. The van der Waals surface area contributed by atoms with E-state index in [4.69, 9.17) is 4.74 Å². The van der Waals surface area contributed by atoms with E-state index < -0.39 is 0 Å². The van der Waals surface area contributed by atoms with Gasteiger partial charge in [0.15, 0.2) is 0 Å². The third-order valence-electron chi connectivity index (χ3n) is 2.06. The van der Waals surface area contributed by atoms with Gasteiger partial charge in [0.2, 0.25) is 5.91 Å². The third-order valence-corrected chi connectivity index (χ3v) is 2.06. The Morgan fingerprint density at radius 3 is 2.24 bits per heavy atom. The molecule has 0 aliphatic carbocycles. The summed E-state index contributed by atoms with van der Waals surface area (Å²) in [5.41, 5.74) is 0. The first-order valence-electron chi connectivity index (χ1n) is 5.44. The Hall–Kier alpha value is -1.59. The molecule has 0 atom stereocenters. The smallest absolute Gasteiger partial charge is 0.305 e. The Bertz CT molecular complexity index is 277. The molecule has 0 saturated carbocycles. The molecule has 0 spiro atoms. The van der Waals surface area contributed by atoms with Gasteiger partial charge in [-0.1, -0.05) is 0 Å². The van der Waals surface area contributed by atoms with Crippen LogP contribution in [0.4, 0.5) is 0 Å². The summed E-state index contributed by atoms with van der Waals surface area (Å²) in [5, 5.41) is 0. The van der Waals surface area contributed by atoms with Gasteiger partial charge in [-0.2, -0.15) is 0 Å². The van der Waals surface area contributed by atoms with Crippen LogP contribution in [0.5, 0.6) is 0 Å². The molecule has 0 bridgehead atoms. The minimum atomic E-state index is -0.360. The number of likely N-dealkylation sites (N-methyl/N-ethyl adjacent to an activating group) is 1. The Kier molecular flexibility index (Phi) is 7.75. The molecule has 0 aliphatic heterocycles. The van der Waals surface area contributed by atoms with Crippen LogP contribution in [0.2, 0.25) is 0 Å². The fraction of sp³-hybridized carbons (Fsp3) is 0.727. The molecule has 17 heavy (non-hydrogen) atoms. The summed E-state index contributed by atoms with van der Waals surface area (Å²) in [6.07, 6.45) is 0.651. The standard InChI is InChI=1S/C11H19NO5/c1-9(13)12(3)6-8-17-11(15)5-4-7-16-10(2)14/h4-8H2,1-3H3. The molecule has 0 fully saturated rings. The largest absolute Gasteiger partial charge is 0.466 e. The Morgan fingerprint density at radius 1 is 1.06 bits per heavy atom. The molecule has 0 aromatic carbocycles. The molecular formula is C11H19NO5. The second kappa shape index (κ2) is 8.55. The lowest BCUT2D eigenvalue weighted by Gasteiger charge is -2.14. The Labute approximate surface area is 101 Å². The van der Waals surface area contributed by atoms with Crippen LogP contribution < -0.4 is 0 Å². The molecule has 98 valence electrons. The maximum Gasteiger partial charge on any atom is 0.305 e. The first-order chi connectivity index (χ1) is 7.93. The van der Waals surface area contributed by atoms with Crippen molar-refractivity contribution >= 4 is 17.8 Å². The van der Waals surface area contributed by atoms with Gasteiger partial charge in [0, 0.05) is 27.3 Å². The summed E-state index contributed by atoms with van der Waals surface area (Å²) >= 11 is 0. The van der Waals surface area contributed by atoms with E-state index in [2.05, 4.69) is 4.74 Å². The van der Waals surface area contributed by atoms with E-state index in [1.165, 1.54) is 18.7 Å². The fourth-order valence-corrected chi connectivity index (χ4v) is 0.958. The SMILES string of the molecule is CC(=O)OCCCC(=O)OCCN(C)C(C)=O. The van der Waals surface area contributed by atoms with E-state index in [9.17, 15) is 14.4 Å². The van der Waals surface area contributed by atoms with Gasteiger partial charge in [-0.15, -0.1) is 0 Å². The van der Waals surface area contributed by atoms with Crippen LogP contribution in [0, 0.1) is 0 Å². The highest BCUT2D eigenvalue weighted by atomic mass is 16.5. The maximum atomic E-state index is 11.2. The van der Waals surface area contributed by atoms with Gasteiger partial charge in [-0.05, 0) is 6.42 Å². The van der Waals surface area contributed by atoms with Crippen molar-refractivity contribution in [1.82, 2.24) is 4.90 Å². The lowest BCUT2D eigenvalue weighted by molar-refractivity contribution is -0.147. The molecular weight excluding hydrogens is 226 g/mol. The monoisotopic (exact) mass is 245 g/mol. The van der Waals surface area contributed by atoms with Crippen LogP contribution in [-0.2, 0) is 23.9 Å². The average molecular weight is 245 g/mol. The number of esters is 2. The van der Waals surface area contributed by atoms with Gasteiger partial charge in [0.1, 0.15) is 6.61 Å². The topological polar surface area (TPSA) is 72.9 Å². The van der Waals surface area contributed by atoms with Crippen molar-refractivity contribution in [2.75, 3.05) is 26.8 Å². The van der Waals surface area contributed by atoms with E-state index in [0.717, 1.165) is 0 Å². The van der Waals surface area contributed by atoms with E-state index >= 15 is 0 Å². The molecule has 0 aromatic heterocycles. The summed E-state index contributed by atoms with van der Waals surface area (Å²) < 4.78 is 9.56. The molecule has 0 heterocycles. The minimum absolute atomic E-state index is 0.0732. The number of nitrogens with zero attached hydrogens (tertiary/aromatic N) is 1. The van der Waals surface area contributed by atoms with Gasteiger partial charge in [-0.25, -0.2) is 0 Å². The average Bonchev–Trinajstić information content (AvgIpc) is 2.23. The van der Waals surface area contributed by atoms with Crippen LogP contribution in [0.25, 0.3) is 0 Å². The van der Waals surface area contributed by atoms with Crippen molar-refractivity contribution in [2.45, 2.75) is 26.7 Å². The van der Waals surface area contributed by atoms with E-state index in [1.807, 2.05) is 0 Å². The minimum Gasteiger partial charge on any atom is -0.466 e. The summed E-state index contributed by atoms with van der Waals surface area (Å²) in [7, 11) is 1.64. The number of hydrogen-bond acceptors (Lipinski definition) is 5. The van der Waals surface area contributed by atoms with Crippen LogP contribution in [0.1, 0.15) is 26.7 Å². The predicted molar refractivity (Wildman–Crippen MR) is 60.1 cm³/mol. The molecule has 0 rings (SSSR count). The second-order valence-electron chi connectivity index (χ2n) is 3.60. The molecule has 0 aliphatic rings. The van der Waals surface area contributed by atoms with Crippen LogP contribution >= 0.6 is 0 Å². The number of amides is 1. The zero-order valence-corrected chi connectivity index (χ0v) is 10.5. The van der Waals surface area contributed by atoms with Gasteiger partial charge in [0.05, 0.1) is 13.2 Å². The Morgan fingerprint density at radius 2 is 1.71 bits per heavy atom.